The summed E-state index contributed by atoms with van der Waals surface area (Å²) in [5.41, 5.74) is 0. The quantitative estimate of drug-likeness (QED) is 0.340. The molecule has 0 aromatic heterocycles. The lowest BCUT2D eigenvalue weighted by molar-refractivity contribution is -0.107. The van der Waals surface area contributed by atoms with Crippen LogP contribution in [0.25, 0.3) is 0 Å². The lowest BCUT2D eigenvalue weighted by Crippen LogP contribution is -2.07. The molecule has 4 nitrogen and oxygen atoms in total. The molecule has 0 rings (SSSR count). The maximum Gasteiger partial charge on any atom is 0.267 e. The summed E-state index contributed by atoms with van der Waals surface area (Å²) in [6, 6.07) is 0. The van der Waals surface area contributed by atoms with Crippen molar-refractivity contribution in [3.05, 3.63) is 0 Å². The molecule has 0 saturated heterocycles. The predicted octanol–water partition coefficient (Wildman–Crippen LogP) is 1.11. The van der Waals surface area contributed by atoms with Crippen LogP contribution in [0.3, 0.4) is 0 Å². The molecule has 0 amide bonds. The van der Waals surface area contributed by atoms with Gasteiger partial charge < -0.3 is 4.79 Å². The van der Waals surface area contributed by atoms with E-state index in [2.05, 4.69) is 4.18 Å². The van der Waals surface area contributed by atoms with Crippen molar-refractivity contribution in [1.82, 2.24) is 0 Å². The third kappa shape index (κ3) is 7.93. The lowest BCUT2D eigenvalue weighted by Gasteiger charge is -2.00. The molecule has 13 heavy (non-hydrogen) atoms. The number of unbranched alkanes of at least 4 members (excludes halogenated alkanes) is 4. The molecule has 0 aliphatic carbocycles. The number of carbonyl (C=O) groups is 1. The summed E-state index contributed by atoms with van der Waals surface area (Å²) < 4.78 is 25.9. The van der Waals surface area contributed by atoms with Crippen molar-refractivity contribution in [2.24, 2.45) is 0 Å². The summed E-state index contributed by atoms with van der Waals surface area (Å²) in [4.78, 5) is 9.93. The van der Waals surface area contributed by atoms with Crippen molar-refractivity contribution in [1.29, 1.82) is 0 Å². The number of hydrogen-bond acceptors (Lipinski definition) is 4. The zero-order valence-electron chi connectivity index (χ0n) is 7.86. The van der Waals surface area contributed by atoms with Crippen molar-refractivity contribution in [3.8, 4) is 0 Å². The van der Waals surface area contributed by atoms with Crippen LogP contribution in [0.5, 0.6) is 0 Å². The number of hydrogen-bond donors (Lipinski definition) is 0. The Bertz CT molecular complexity index is 220. The second-order valence-electron chi connectivity index (χ2n) is 2.80. The van der Waals surface area contributed by atoms with E-state index >= 15 is 0 Å². The van der Waals surface area contributed by atoms with Gasteiger partial charge in [-0.3, -0.25) is 4.18 Å². The minimum atomic E-state index is -3.28. The number of aldehydes is 1. The van der Waals surface area contributed by atoms with Gasteiger partial charge in [-0.2, -0.15) is 8.42 Å². The Morgan fingerprint density at radius 3 is 2.31 bits per heavy atom. The van der Waals surface area contributed by atoms with Crippen molar-refractivity contribution in [2.75, 3.05) is 12.9 Å². The summed E-state index contributed by atoms with van der Waals surface area (Å²) >= 11 is 0. The Morgan fingerprint density at radius 1 is 1.15 bits per heavy atom. The molecule has 0 aromatic rings. The minimum absolute atomic E-state index is 0.0740. The van der Waals surface area contributed by atoms with Crippen LogP contribution in [0.4, 0.5) is 0 Å². The lowest BCUT2D eigenvalue weighted by atomic mass is 10.2. The van der Waals surface area contributed by atoms with Gasteiger partial charge in [-0.15, -0.1) is 0 Å². The van der Waals surface area contributed by atoms with Crippen molar-refractivity contribution < 1.29 is 17.4 Å². The van der Waals surface area contributed by atoms with Crippen LogP contribution in [0.2, 0.25) is 0 Å². The second kappa shape index (κ2) is 7.03. The van der Waals surface area contributed by atoms with Crippen LogP contribution in [0.15, 0.2) is 0 Å². The molecule has 0 heterocycles. The van der Waals surface area contributed by atoms with E-state index in [0.29, 0.717) is 12.8 Å². The van der Waals surface area contributed by atoms with Crippen LogP contribution in [0.1, 0.15) is 32.1 Å². The first-order valence-electron chi connectivity index (χ1n) is 4.34. The molecular formula is C8H16O4S. The molecule has 0 saturated carbocycles. The monoisotopic (exact) mass is 208 g/mol. The first-order valence-corrected chi connectivity index (χ1v) is 5.92. The summed E-state index contributed by atoms with van der Waals surface area (Å²) in [5, 5.41) is 0. The van der Waals surface area contributed by atoms with Crippen LogP contribution < -0.4 is 0 Å². The van der Waals surface area contributed by atoms with Crippen LogP contribution in [-0.4, -0.2) is 27.6 Å². The third-order valence-corrected chi connectivity index (χ3v) is 3.02. The summed E-state index contributed by atoms with van der Waals surface area (Å²) in [5.74, 6) is 0.0740. The standard InChI is InChI=1S/C8H16O4S/c1-12-13(10,11)8-6-4-2-3-5-7-9/h7H,2-6,8H2,1H3. The van der Waals surface area contributed by atoms with Gasteiger partial charge in [0.05, 0.1) is 12.9 Å². The number of rotatable bonds is 8. The zero-order chi connectivity index (χ0) is 10.2. The van der Waals surface area contributed by atoms with Gasteiger partial charge in [0.25, 0.3) is 10.1 Å². The summed E-state index contributed by atoms with van der Waals surface area (Å²) in [6.07, 6.45) is 4.63. The zero-order valence-corrected chi connectivity index (χ0v) is 8.68. The Kier molecular flexibility index (Phi) is 6.80. The average molecular weight is 208 g/mol. The van der Waals surface area contributed by atoms with Gasteiger partial charge in [0.15, 0.2) is 0 Å². The first kappa shape index (κ1) is 12.6. The molecule has 0 unspecified atom stereocenters. The van der Waals surface area contributed by atoms with Crippen molar-refractivity contribution >= 4 is 16.4 Å². The first-order chi connectivity index (χ1) is 6.12. The summed E-state index contributed by atoms with van der Waals surface area (Å²) in [6.45, 7) is 0. The summed E-state index contributed by atoms with van der Waals surface area (Å²) in [7, 11) is -2.11. The molecule has 0 aliphatic heterocycles. The molecule has 0 spiro atoms. The Hall–Kier alpha value is -0.420. The smallest absolute Gasteiger partial charge is 0.267 e. The SMILES string of the molecule is COS(=O)(=O)CCCCCCC=O. The van der Waals surface area contributed by atoms with Crippen LogP contribution in [0, 0.1) is 0 Å². The highest BCUT2D eigenvalue weighted by Gasteiger charge is 2.06. The van der Waals surface area contributed by atoms with Crippen LogP contribution >= 0.6 is 0 Å². The van der Waals surface area contributed by atoms with Gasteiger partial charge in [-0.25, -0.2) is 0 Å². The van der Waals surface area contributed by atoms with Gasteiger partial charge in [-0.05, 0) is 12.8 Å². The average Bonchev–Trinajstić information content (AvgIpc) is 2.11. The second-order valence-corrected chi connectivity index (χ2v) is 4.65. The molecule has 0 N–H and O–H groups in total. The van der Waals surface area contributed by atoms with Crippen molar-refractivity contribution in [3.63, 3.8) is 0 Å². The minimum Gasteiger partial charge on any atom is -0.303 e. The Labute approximate surface area is 79.4 Å². The van der Waals surface area contributed by atoms with Gasteiger partial charge in [0.1, 0.15) is 6.29 Å². The van der Waals surface area contributed by atoms with Crippen LogP contribution in [-0.2, 0) is 19.1 Å². The van der Waals surface area contributed by atoms with Gasteiger partial charge in [0, 0.05) is 6.42 Å². The third-order valence-electron chi connectivity index (χ3n) is 1.72. The highest BCUT2D eigenvalue weighted by Crippen LogP contribution is 2.04. The molecule has 0 atom stereocenters. The molecule has 0 aromatic carbocycles. The fourth-order valence-corrected chi connectivity index (χ4v) is 1.67. The van der Waals surface area contributed by atoms with E-state index in [1.54, 1.807) is 0 Å². The fourth-order valence-electron chi connectivity index (χ4n) is 0.943. The maximum atomic E-state index is 10.8. The molecule has 0 aliphatic rings. The van der Waals surface area contributed by atoms with E-state index < -0.39 is 10.1 Å². The van der Waals surface area contributed by atoms with Gasteiger partial charge in [-0.1, -0.05) is 12.8 Å². The molecule has 0 bridgehead atoms. The van der Waals surface area contributed by atoms with E-state index in [-0.39, 0.29) is 5.75 Å². The molecule has 78 valence electrons. The number of carbonyl (C=O) groups excluding carboxylic acids is 1. The maximum absolute atomic E-state index is 10.8. The van der Waals surface area contributed by atoms with E-state index in [1.807, 2.05) is 0 Å². The van der Waals surface area contributed by atoms with E-state index in [1.165, 1.54) is 7.11 Å². The normalized spacial score (nSPS) is 11.5. The Morgan fingerprint density at radius 2 is 1.77 bits per heavy atom. The molecule has 0 fully saturated rings. The fraction of sp³-hybridized carbons (Fsp3) is 0.875. The highest BCUT2D eigenvalue weighted by molar-refractivity contribution is 7.86. The van der Waals surface area contributed by atoms with Crippen molar-refractivity contribution in [2.45, 2.75) is 32.1 Å². The predicted molar refractivity (Wildman–Crippen MR) is 49.9 cm³/mol. The van der Waals surface area contributed by atoms with Gasteiger partial charge >= 0.3 is 0 Å². The molecule has 5 heteroatoms. The Balaban J connectivity index is 3.31. The highest BCUT2D eigenvalue weighted by atomic mass is 32.2. The van der Waals surface area contributed by atoms with E-state index in [4.69, 9.17) is 0 Å². The molecule has 0 radical (unpaired) electrons. The van der Waals surface area contributed by atoms with E-state index in [0.717, 1.165) is 25.5 Å². The van der Waals surface area contributed by atoms with Gasteiger partial charge in [0.2, 0.25) is 0 Å². The topological polar surface area (TPSA) is 60.4 Å². The molecular weight excluding hydrogens is 192 g/mol. The largest absolute Gasteiger partial charge is 0.303 e. The van der Waals surface area contributed by atoms with E-state index in [9.17, 15) is 13.2 Å².